The van der Waals surface area contributed by atoms with Crippen LogP contribution in [0.1, 0.15) is 36.8 Å². The summed E-state index contributed by atoms with van der Waals surface area (Å²) in [6, 6.07) is 7.91. The van der Waals surface area contributed by atoms with Gasteiger partial charge in [-0.1, -0.05) is 26.0 Å². The van der Waals surface area contributed by atoms with E-state index in [1.165, 1.54) is 0 Å². The lowest BCUT2D eigenvalue weighted by Crippen LogP contribution is -1.99. The number of hydrogen-bond acceptors (Lipinski definition) is 4. The molecule has 3 aromatic rings. The largest absolute Gasteiger partial charge is 0.481 e. The number of para-hydroxylation sites is 2. The second-order valence-corrected chi connectivity index (χ2v) is 6.52. The third kappa shape index (κ3) is 2.74. The Hall–Kier alpha value is -2.21. The maximum Gasteiger partial charge on any atom is 0.303 e. The van der Waals surface area contributed by atoms with Crippen molar-refractivity contribution in [2.45, 2.75) is 32.6 Å². The maximum absolute atomic E-state index is 10.8. The predicted octanol–water partition coefficient (Wildman–Crippen LogP) is 3.62. The Morgan fingerprint density at radius 2 is 2.14 bits per heavy atom. The number of carboxylic acid groups (broad SMARTS) is 1. The third-order valence-corrected chi connectivity index (χ3v) is 4.62. The minimum absolute atomic E-state index is 0.131. The van der Waals surface area contributed by atoms with E-state index in [0.717, 1.165) is 26.7 Å². The first kappa shape index (κ1) is 14.7. The lowest BCUT2D eigenvalue weighted by molar-refractivity contribution is -0.136. The fourth-order valence-electron chi connectivity index (χ4n) is 2.42. The zero-order valence-corrected chi connectivity index (χ0v) is 13.3. The Morgan fingerprint density at radius 1 is 1.36 bits per heavy atom. The normalized spacial score (nSPS) is 11.4. The van der Waals surface area contributed by atoms with Crippen LogP contribution in [0.5, 0.6) is 0 Å². The Kier molecular flexibility index (Phi) is 3.94. The smallest absolute Gasteiger partial charge is 0.303 e. The molecule has 0 bridgehead atoms. The summed E-state index contributed by atoms with van der Waals surface area (Å²) in [7, 11) is 0. The number of fused-ring (bicyclic) bond motifs is 1. The van der Waals surface area contributed by atoms with Crippen LogP contribution in [0, 0.1) is 0 Å². The molecule has 5 nitrogen and oxygen atoms in total. The fourth-order valence-corrected chi connectivity index (χ4v) is 3.61. The number of carboxylic acids is 1. The zero-order valence-electron chi connectivity index (χ0n) is 12.5. The topological polar surface area (TPSA) is 68.0 Å². The molecule has 0 aliphatic carbocycles. The Labute approximate surface area is 132 Å². The van der Waals surface area contributed by atoms with E-state index in [1.807, 2.05) is 28.8 Å². The van der Waals surface area contributed by atoms with E-state index in [1.54, 1.807) is 17.7 Å². The van der Waals surface area contributed by atoms with Gasteiger partial charge in [0.25, 0.3) is 0 Å². The molecule has 2 aromatic heterocycles. The van der Waals surface area contributed by atoms with Gasteiger partial charge in [0.05, 0.1) is 23.1 Å². The number of imidazole rings is 1. The minimum atomic E-state index is -0.780. The van der Waals surface area contributed by atoms with Crippen molar-refractivity contribution in [1.82, 2.24) is 14.5 Å². The Morgan fingerprint density at radius 3 is 2.86 bits per heavy atom. The number of aromatic nitrogens is 3. The van der Waals surface area contributed by atoms with Crippen molar-refractivity contribution in [2.24, 2.45) is 0 Å². The quantitative estimate of drug-likeness (QED) is 0.781. The van der Waals surface area contributed by atoms with Gasteiger partial charge in [-0.25, -0.2) is 9.97 Å². The molecule has 0 atom stereocenters. The van der Waals surface area contributed by atoms with Crippen LogP contribution in [-0.2, 0) is 11.2 Å². The van der Waals surface area contributed by atoms with Gasteiger partial charge >= 0.3 is 5.97 Å². The molecule has 0 aliphatic heterocycles. The number of thiazole rings is 1. The van der Waals surface area contributed by atoms with Crippen LogP contribution >= 0.6 is 11.3 Å². The van der Waals surface area contributed by atoms with Gasteiger partial charge in [0.2, 0.25) is 0 Å². The lowest BCUT2D eigenvalue weighted by atomic mass is 10.1. The van der Waals surface area contributed by atoms with Crippen molar-refractivity contribution < 1.29 is 9.90 Å². The highest BCUT2D eigenvalue weighted by Gasteiger charge is 2.17. The highest BCUT2D eigenvalue weighted by molar-refractivity contribution is 7.14. The monoisotopic (exact) mass is 315 g/mol. The van der Waals surface area contributed by atoms with Gasteiger partial charge in [0.1, 0.15) is 6.33 Å². The fraction of sp³-hybridized carbons (Fsp3) is 0.312. The molecule has 0 saturated carbocycles. The highest BCUT2D eigenvalue weighted by Crippen LogP contribution is 2.30. The number of aryl methyl sites for hydroxylation is 1. The number of benzene rings is 1. The summed E-state index contributed by atoms with van der Waals surface area (Å²) < 4.78 is 1.97. The van der Waals surface area contributed by atoms with Crippen LogP contribution in [-0.4, -0.2) is 25.6 Å². The molecule has 0 unspecified atom stereocenters. The molecule has 2 heterocycles. The number of carbonyl (C=O) groups is 1. The van der Waals surface area contributed by atoms with E-state index in [9.17, 15) is 4.79 Å². The molecule has 22 heavy (non-hydrogen) atoms. The van der Waals surface area contributed by atoms with Gasteiger partial charge < -0.3 is 5.11 Å². The van der Waals surface area contributed by atoms with Crippen LogP contribution in [0.25, 0.3) is 16.2 Å². The summed E-state index contributed by atoms with van der Waals surface area (Å²) in [5.41, 5.74) is 2.92. The van der Waals surface area contributed by atoms with E-state index in [0.29, 0.717) is 6.42 Å². The predicted molar refractivity (Wildman–Crippen MR) is 86.8 cm³/mol. The lowest BCUT2D eigenvalue weighted by Gasteiger charge is -2.03. The molecular weight excluding hydrogens is 298 g/mol. The highest BCUT2D eigenvalue weighted by atomic mass is 32.1. The van der Waals surface area contributed by atoms with Crippen molar-refractivity contribution in [3.8, 4) is 5.13 Å². The molecule has 0 radical (unpaired) electrons. The van der Waals surface area contributed by atoms with Gasteiger partial charge in [-0.05, 0) is 24.5 Å². The average molecular weight is 315 g/mol. The number of rotatable bonds is 5. The van der Waals surface area contributed by atoms with Crippen molar-refractivity contribution in [2.75, 3.05) is 0 Å². The third-order valence-electron chi connectivity index (χ3n) is 3.49. The van der Waals surface area contributed by atoms with Gasteiger partial charge in [-0.15, -0.1) is 11.3 Å². The van der Waals surface area contributed by atoms with Crippen LogP contribution in [0.15, 0.2) is 30.6 Å². The van der Waals surface area contributed by atoms with Crippen LogP contribution < -0.4 is 0 Å². The van der Waals surface area contributed by atoms with Crippen molar-refractivity contribution in [3.63, 3.8) is 0 Å². The first-order chi connectivity index (χ1) is 10.6. The summed E-state index contributed by atoms with van der Waals surface area (Å²) in [4.78, 5) is 21.0. The molecule has 0 saturated heterocycles. The molecule has 0 aliphatic rings. The first-order valence-electron chi connectivity index (χ1n) is 7.20. The van der Waals surface area contributed by atoms with Gasteiger partial charge in [0, 0.05) is 4.88 Å². The molecule has 0 fully saturated rings. The average Bonchev–Trinajstić information content (AvgIpc) is 3.08. The van der Waals surface area contributed by atoms with Crippen LogP contribution in [0.3, 0.4) is 0 Å². The molecule has 114 valence electrons. The second-order valence-electron chi connectivity index (χ2n) is 5.46. The van der Waals surface area contributed by atoms with E-state index in [4.69, 9.17) is 10.1 Å². The summed E-state index contributed by atoms with van der Waals surface area (Å²) in [5.74, 6) is -0.513. The molecule has 0 amide bonds. The SMILES string of the molecule is CC(C)c1nc(-n2cnc3ccccc32)sc1CCC(=O)O. The summed E-state index contributed by atoms with van der Waals surface area (Å²) in [6.07, 6.45) is 2.42. The van der Waals surface area contributed by atoms with Crippen molar-refractivity contribution in [1.29, 1.82) is 0 Å². The Bertz CT molecular complexity index is 820. The first-order valence-corrected chi connectivity index (χ1v) is 8.01. The van der Waals surface area contributed by atoms with E-state index >= 15 is 0 Å². The molecule has 1 aromatic carbocycles. The standard InChI is InChI=1S/C16H17N3O2S/c1-10(2)15-13(7-8-14(20)21)22-16(18-15)19-9-17-11-5-3-4-6-12(11)19/h3-6,9-10H,7-8H2,1-2H3,(H,20,21). The summed E-state index contributed by atoms with van der Waals surface area (Å²) in [5, 5.41) is 9.75. The van der Waals surface area contributed by atoms with Crippen molar-refractivity contribution in [3.05, 3.63) is 41.2 Å². The molecule has 3 rings (SSSR count). The summed E-state index contributed by atoms with van der Waals surface area (Å²) in [6.45, 7) is 4.16. The summed E-state index contributed by atoms with van der Waals surface area (Å²) >= 11 is 1.55. The van der Waals surface area contributed by atoms with E-state index < -0.39 is 5.97 Å². The Balaban J connectivity index is 2.04. The van der Waals surface area contributed by atoms with Crippen LogP contribution in [0.4, 0.5) is 0 Å². The van der Waals surface area contributed by atoms with E-state index in [2.05, 4.69) is 18.8 Å². The van der Waals surface area contributed by atoms with Crippen LogP contribution in [0.2, 0.25) is 0 Å². The number of nitrogens with zero attached hydrogens (tertiary/aromatic N) is 3. The zero-order chi connectivity index (χ0) is 15.7. The molecule has 0 spiro atoms. The number of aliphatic carboxylic acids is 1. The number of hydrogen-bond donors (Lipinski definition) is 1. The van der Waals surface area contributed by atoms with Gasteiger partial charge in [0.15, 0.2) is 5.13 Å². The van der Waals surface area contributed by atoms with Gasteiger partial charge in [-0.2, -0.15) is 0 Å². The maximum atomic E-state index is 10.8. The van der Waals surface area contributed by atoms with E-state index in [-0.39, 0.29) is 12.3 Å². The minimum Gasteiger partial charge on any atom is -0.481 e. The van der Waals surface area contributed by atoms with Gasteiger partial charge in [-0.3, -0.25) is 9.36 Å². The van der Waals surface area contributed by atoms with Crippen molar-refractivity contribution >= 4 is 28.3 Å². The molecular formula is C16H17N3O2S. The molecule has 1 N–H and O–H groups in total. The molecule has 6 heteroatoms. The second kappa shape index (κ2) is 5.88.